The van der Waals surface area contributed by atoms with E-state index < -0.39 is 5.91 Å². The number of nitrogens with two attached hydrogens (primary N) is 1. The van der Waals surface area contributed by atoms with Crippen molar-refractivity contribution in [2.75, 3.05) is 7.11 Å². The molecule has 0 spiro atoms. The molecule has 0 bridgehead atoms. The molecule has 1 aromatic carbocycles. The van der Waals surface area contributed by atoms with Crippen LogP contribution in [0.4, 0.5) is 0 Å². The molecule has 1 saturated carbocycles. The number of hydrogen-bond donors (Lipinski definition) is 2. The maximum absolute atomic E-state index is 13.2. The zero-order valence-corrected chi connectivity index (χ0v) is 19.9. The fourth-order valence-electron chi connectivity index (χ4n) is 5.13. The smallest absolute Gasteiger partial charge is 0.272 e. The van der Waals surface area contributed by atoms with Crippen LogP contribution >= 0.6 is 0 Å². The van der Waals surface area contributed by atoms with E-state index in [0.29, 0.717) is 5.69 Å². The number of carbonyl (C=O) groups excluding carboxylic acids is 2. The lowest BCUT2D eigenvalue weighted by atomic mass is 9.88. The molecule has 9 nitrogen and oxygen atoms in total. The lowest BCUT2D eigenvalue weighted by Crippen LogP contribution is -2.40. The fraction of sp³-hybridized carbons (Fsp3) is 0.385. The van der Waals surface area contributed by atoms with Crippen LogP contribution in [0.1, 0.15) is 57.7 Å². The SMILES string of the molecule is COc1ccc2c(c1)CCc1c(C(=O)NC3CCC(Oc4ncccc4C(N)=O)CC3)nn(C)c1-2. The van der Waals surface area contributed by atoms with Gasteiger partial charge in [0.25, 0.3) is 11.8 Å². The van der Waals surface area contributed by atoms with E-state index in [2.05, 4.69) is 21.5 Å². The van der Waals surface area contributed by atoms with E-state index in [1.165, 1.54) is 5.56 Å². The Morgan fingerprint density at radius 2 is 1.94 bits per heavy atom. The van der Waals surface area contributed by atoms with Crippen LogP contribution in [0.3, 0.4) is 0 Å². The van der Waals surface area contributed by atoms with Crippen molar-refractivity contribution in [3.63, 3.8) is 0 Å². The van der Waals surface area contributed by atoms with Gasteiger partial charge in [-0.1, -0.05) is 0 Å². The number of primary amides is 1. The quantitative estimate of drug-likeness (QED) is 0.565. The molecule has 2 amide bonds. The van der Waals surface area contributed by atoms with E-state index in [-0.39, 0.29) is 29.5 Å². The number of amides is 2. The molecule has 2 aromatic heterocycles. The molecule has 3 N–H and O–H groups in total. The zero-order valence-electron chi connectivity index (χ0n) is 19.9. The van der Waals surface area contributed by atoms with Crippen molar-refractivity contribution >= 4 is 11.8 Å². The lowest BCUT2D eigenvalue weighted by Gasteiger charge is -2.29. The minimum atomic E-state index is -0.561. The summed E-state index contributed by atoms with van der Waals surface area (Å²) in [4.78, 5) is 29.0. The molecule has 182 valence electrons. The van der Waals surface area contributed by atoms with Gasteiger partial charge in [0.15, 0.2) is 5.69 Å². The Balaban J connectivity index is 1.24. The highest BCUT2D eigenvalue weighted by Crippen LogP contribution is 2.37. The molecule has 0 aliphatic heterocycles. The molecular weight excluding hydrogens is 446 g/mol. The second-order valence-electron chi connectivity index (χ2n) is 9.11. The van der Waals surface area contributed by atoms with Gasteiger partial charge in [0.1, 0.15) is 17.4 Å². The second kappa shape index (κ2) is 9.40. The van der Waals surface area contributed by atoms with Crippen LogP contribution in [-0.2, 0) is 19.9 Å². The van der Waals surface area contributed by atoms with Crippen molar-refractivity contribution in [1.29, 1.82) is 0 Å². The molecule has 2 aliphatic rings. The third-order valence-corrected chi connectivity index (χ3v) is 6.90. The van der Waals surface area contributed by atoms with Crippen molar-refractivity contribution < 1.29 is 19.1 Å². The summed E-state index contributed by atoms with van der Waals surface area (Å²) >= 11 is 0. The van der Waals surface area contributed by atoms with Gasteiger partial charge in [0.2, 0.25) is 5.88 Å². The summed E-state index contributed by atoms with van der Waals surface area (Å²) in [6, 6.07) is 9.35. The molecule has 0 radical (unpaired) electrons. The number of hydrogen-bond acceptors (Lipinski definition) is 6. The first-order valence-electron chi connectivity index (χ1n) is 11.9. The van der Waals surface area contributed by atoms with Gasteiger partial charge >= 0.3 is 0 Å². The molecule has 9 heteroatoms. The Morgan fingerprint density at radius 3 is 2.69 bits per heavy atom. The number of nitrogens with zero attached hydrogens (tertiary/aromatic N) is 3. The molecule has 0 unspecified atom stereocenters. The maximum atomic E-state index is 13.2. The predicted molar refractivity (Wildman–Crippen MR) is 129 cm³/mol. The number of rotatable bonds is 6. The van der Waals surface area contributed by atoms with Gasteiger partial charge < -0.3 is 20.5 Å². The Kier molecular flexibility index (Phi) is 6.15. The van der Waals surface area contributed by atoms with Crippen molar-refractivity contribution in [2.24, 2.45) is 12.8 Å². The first-order chi connectivity index (χ1) is 16.9. The number of aromatic nitrogens is 3. The van der Waals surface area contributed by atoms with E-state index >= 15 is 0 Å². The Hall–Kier alpha value is -3.88. The highest BCUT2D eigenvalue weighted by Gasteiger charge is 2.30. The molecular formula is C26H29N5O4. The van der Waals surface area contributed by atoms with E-state index in [9.17, 15) is 9.59 Å². The van der Waals surface area contributed by atoms with E-state index in [0.717, 1.165) is 61.1 Å². The van der Waals surface area contributed by atoms with Crippen molar-refractivity contribution in [1.82, 2.24) is 20.1 Å². The van der Waals surface area contributed by atoms with Gasteiger partial charge in [-0.2, -0.15) is 5.10 Å². The van der Waals surface area contributed by atoms with Crippen molar-refractivity contribution in [2.45, 2.75) is 50.7 Å². The number of nitrogens with one attached hydrogen (secondary N) is 1. The minimum absolute atomic E-state index is 0.0412. The monoisotopic (exact) mass is 475 g/mol. The number of carbonyl (C=O) groups is 2. The summed E-state index contributed by atoms with van der Waals surface area (Å²) in [5, 5.41) is 7.77. The largest absolute Gasteiger partial charge is 0.497 e. The second-order valence-corrected chi connectivity index (χ2v) is 9.11. The maximum Gasteiger partial charge on any atom is 0.272 e. The number of fused-ring (bicyclic) bond motifs is 3. The van der Waals surface area contributed by atoms with Crippen LogP contribution in [0.25, 0.3) is 11.3 Å². The molecule has 5 rings (SSSR count). The summed E-state index contributed by atoms with van der Waals surface area (Å²) in [7, 11) is 3.55. The zero-order chi connectivity index (χ0) is 24.5. The van der Waals surface area contributed by atoms with Crippen molar-refractivity contribution in [3.05, 3.63) is 58.9 Å². The van der Waals surface area contributed by atoms with Crippen LogP contribution < -0.4 is 20.5 Å². The highest BCUT2D eigenvalue weighted by atomic mass is 16.5. The minimum Gasteiger partial charge on any atom is -0.497 e. The van der Waals surface area contributed by atoms with E-state index in [1.54, 1.807) is 25.4 Å². The van der Waals surface area contributed by atoms with Crippen LogP contribution in [0.15, 0.2) is 36.5 Å². The molecule has 1 fully saturated rings. The number of benzene rings is 1. The highest BCUT2D eigenvalue weighted by molar-refractivity contribution is 5.96. The number of methoxy groups -OCH3 is 1. The molecule has 3 aromatic rings. The van der Waals surface area contributed by atoms with Crippen LogP contribution in [0.5, 0.6) is 11.6 Å². The van der Waals surface area contributed by atoms with Crippen LogP contribution in [0, 0.1) is 0 Å². The Labute approximate surface area is 203 Å². The number of aryl methyl sites for hydroxylation is 2. The van der Waals surface area contributed by atoms with E-state index in [4.69, 9.17) is 15.2 Å². The normalized spacial score (nSPS) is 18.8. The molecule has 0 atom stereocenters. The fourth-order valence-corrected chi connectivity index (χ4v) is 5.13. The standard InChI is InChI=1S/C26H29N5O4/c1-31-23-19-12-10-18(34-2)14-15(19)5-11-20(23)22(30-31)25(33)29-16-6-8-17(9-7-16)35-26-21(24(27)32)4-3-13-28-26/h3-4,10,12-14,16-17H,5-9,11H2,1-2H3,(H2,27,32)(H,29,33). The molecule has 2 aliphatic carbocycles. The number of pyridine rings is 1. The third kappa shape index (κ3) is 4.45. The number of ether oxygens (including phenoxy) is 2. The van der Waals surface area contributed by atoms with E-state index in [1.807, 2.05) is 23.9 Å². The molecule has 35 heavy (non-hydrogen) atoms. The van der Waals surface area contributed by atoms with Gasteiger partial charge in [-0.25, -0.2) is 4.98 Å². The topological polar surface area (TPSA) is 121 Å². The molecule has 2 heterocycles. The van der Waals surface area contributed by atoms with Crippen molar-refractivity contribution in [3.8, 4) is 22.9 Å². The first-order valence-corrected chi connectivity index (χ1v) is 11.9. The Bertz CT molecular complexity index is 1280. The third-order valence-electron chi connectivity index (χ3n) is 6.90. The van der Waals surface area contributed by atoms with Gasteiger partial charge in [0, 0.05) is 30.4 Å². The van der Waals surface area contributed by atoms with Crippen LogP contribution in [0.2, 0.25) is 0 Å². The van der Waals surface area contributed by atoms with Gasteiger partial charge in [-0.3, -0.25) is 14.3 Å². The summed E-state index contributed by atoms with van der Waals surface area (Å²) in [6.07, 6.45) is 6.14. The van der Waals surface area contributed by atoms with Crippen LogP contribution in [-0.4, -0.2) is 45.8 Å². The summed E-state index contributed by atoms with van der Waals surface area (Å²) < 4.78 is 13.1. The summed E-state index contributed by atoms with van der Waals surface area (Å²) in [6.45, 7) is 0. The summed E-state index contributed by atoms with van der Waals surface area (Å²) in [5.41, 5.74) is 10.5. The summed E-state index contributed by atoms with van der Waals surface area (Å²) in [5.74, 6) is 0.407. The average Bonchev–Trinajstić information content (AvgIpc) is 3.22. The predicted octanol–water partition coefficient (Wildman–Crippen LogP) is 2.81. The Morgan fingerprint density at radius 1 is 1.14 bits per heavy atom. The lowest BCUT2D eigenvalue weighted by molar-refractivity contribution is 0.0875. The first kappa shape index (κ1) is 22.9. The van der Waals surface area contributed by atoms with Gasteiger partial charge in [-0.05, 0) is 74.4 Å². The molecule has 0 saturated heterocycles. The van der Waals surface area contributed by atoms with Gasteiger partial charge in [-0.15, -0.1) is 0 Å². The van der Waals surface area contributed by atoms with Gasteiger partial charge in [0.05, 0.1) is 12.8 Å². The average molecular weight is 476 g/mol.